The van der Waals surface area contributed by atoms with Gasteiger partial charge in [0.25, 0.3) is 5.56 Å². The van der Waals surface area contributed by atoms with E-state index in [1.165, 1.54) is 22.9 Å². The number of nitrogens with one attached hydrogen (secondary N) is 1. The first-order valence-electron chi connectivity index (χ1n) is 9.70. The topological polar surface area (TPSA) is 71.1 Å². The van der Waals surface area contributed by atoms with Crippen molar-refractivity contribution in [2.45, 2.75) is 12.8 Å². The van der Waals surface area contributed by atoms with E-state index in [-0.39, 0.29) is 5.56 Å². The van der Waals surface area contributed by atoms with Gasteiger partial charge in [0.15, 0.2) is 0 Å². The van der Waals surface area contributed by atoms with E-state index >= 15 is 0 Å². The molecule has 1 aliphatic heterocycles. The van der Waals surface area contributed by atoms with E-state index in [2.05, 4.69) is 50.4 Å². The van der Waals surface area contributed by atoms with Crippen LogP contribution in [0.15, 0.2) is 77.4 Å². The van der Waals surface area contributed by atoms with Crippen LogP contribution in [-0.4, -0.2) is 33.2 Å². The molecule has 0 amide bonds. The average Bonchev–Trinajstić information content (AvgIpc) is 2.91. The summed E-state index contributed by atoms with van der Waals surface area (Å²) in [5.41, 5.74) is 5.30. The molecule has 0 atom stereocenters. The van der Waals surface area contributed by atoms with Crippen molar-refractivity contribution in [1.82, 2.24) is 20.1 Å². The van der Waals surface area contributed by atoms with E-state index in [0.29, 0.717) is 11.6 Å². The van der Waals surface area contributed by atoms with E-state index in [1.807, 2.05) is 18.2 Å². The lowest BCUT2D eigenvalue weighted by Crippen LogP contribution is -2.26. The van der Waals surface area contributed by atoms with Crippen LogP contribution in [0.5, 0.6) is 11.6 Å². The third-order valence-electron chi connectivity index (χ3n) is 5.31. The predicted octanol–water partition coefficient (Wildman–Crippen LogP) is 3.48. The largest absolute Gasteiger partial charge is 0.439 e. The second-order valence-electron chi connectivity index (χ2n) is 7.16. The fraction of sp³-hybridized carbons (Fsp3) is 0.174. The van der Waals surface area contributed by atoms with Crippen molar-refractivity contribution in [3.05, 3.63) is 94.1 Å². The standard InChI is InChI=1S/C23H20N4O2/c28-22-8-7-21(25-26-22)18-5-9-23(24-15-18)29-20-6-4-16-10-12-27(19-2-1-3-19)13-11-17(16)14-20/h1-9,14-15H,10-13H2,(H,26,28). The summed E-state index contributed by atoms with van der Waals surface area (Å²) >= 11 is 0. The normalized spacial score (nSPS) is 15.2. The highest BCUT2D eigenvalue weighted by Gasteiger charge is 2.17. The lowest BCUT2D eigenvalue weighted by atomic mass is 10.0. The number of fused-ring (bicyclic) bond motifs is 1. The number of allylic oxidation sites excluding steroid dienone is 3. The number of nitrogens with zero attached hydrogens (tertiary/aromatic N) is 3. The van der Waals surface area contributed by atoms with E-state index < -0.39 is 0 Å². The van der Waals surface area contributed by atoms with Gasteiger partial charge in [-0.05, 0) is 60.4 Å². The van der Waals surface area contributed by atoms with Gasteiger partial charge in [-0.1, -0.05) is 12.1 Å². The molecule has 1 aliphatic carbocycles. The number of ether oxygens (including phenoxy) is 1. The van der Waals surface area contributed by atoms with Gasteiger partial charge in [0.2, 0.25) is 5.88 Å². The summed E-state index contributed by atoms with van der Waals surface area (Å²) in [5.74, 6) is 1.32. The fourth-order valence-corrected chi connectivity index (χ4v) is 3.63. The van der Waals surface area contributed by atoms with E-state index in [9.17, 15) is 4.79 Å². The molecular formula is C23H20N4O2. The number of pyridine rings is 1. The van der Waals surface area contributed by atoms with Gasteiger partial charge in [0.1, 0.15) is 5.75 Å². The number of aromatic amines is 1. The molecule has 3 aromatic rings. The van der Waals surface area contributed by atoms with Gasteiger partial charge in [-0.2, -0.15) is 5.10 Å². The molecule has 0 bridgehead atoms. The third kappa shape index (κ3) is 3.69. The molecule has 2 aliphatic rings. The quantitative estimate of drug-likeness (QED) is 0.746. The number of H-pyrrole nitrogens is 1. The first-order valence-corrected chi connectivity index (χ1v) is 9.70. The molecule has 144 valence electrons. The minimum Gasteiger partial charge on any atom is -0.439 e. The number of hydrogen-bond acceptors (Lipinski definition) is 5. The first kappa shape index (κ1) is 17.4. The molecule has 3 heterocycles. The highest BCUT2D eigenvalue weighted by molar-refractivity contribution is 5.57. The number of aromatic nitrogens is 3. The summed E-state index contributed by atoms with van der Waals surface area (Å²) in [6.45, 7) is 2.07. The van der Waals surface area contributed by atoms with Gasteiger partial charge in [0.05, 0.1) is 5.69 Å². The van der Waals surface area contributed by atoms with Crippen LogP contribution in [0.4, 0.5) is 0 Å². The Labute approximate surface area is 168 Å². The van der Waals surface area contributed by atoms with Crippen LogP contribution in [0.3, 0.4) is 0 Å². The van der Waals surface area contributed by atoms with Gasteiger partial charge in [-0.25, -0.2) is 10.1 Å². The van der Waals surface area contributed by atoms with Crippen LogP contribution >= 0.6 is 0 Å². The van der Waals surface area contributed by atoms with Crippen LogP contribution < -0.4 is 10.3 Å². The summed E-state index contributed by atoms with van der Waals surface area (Å²) in [6.07, 6.45) is 10.2. The van der Waals surface area contributed by atoms with Crippen LogP contribution in [-0.2, 0) is 12.8 Å². The Morgan fingerprint density at radius 2 is 1.86 bits per heavy atom. The second kappa shape index (κ2) is 7.39. The molecule has 0 saturated carbocycles. The smallest absolute Gasteiger partial charge is 0.264 e. The molecule has 29 heavy (non-hydrogen) atoms. The molecule has 0 unspecified atom stereocenters. The zero-order valence-electron chi connectivity index (χ0n) is 15.8. The third-order valence-corrected chi connectivity index (χ3v) is 5.31. The minimum atomic E-state index is -0.228. The molecule has 0 saturated heterocycles. The fourth-order valence-electron chi connectivity index (χ4n) is 3.63. The lowest BCUT2D eigenvalue weighted by Gasteiger charge is -2.26. The molecule has 6 heteroatoms. The number of hydrogen-bond donors (Lipinski definition) is 1. The maximum absolute atomic E-state index is 11.1. The first-order chi connectivity index (χ1) is 14.2. The van der Waals surface area contributed by atoms with Crippen molar-refractivity contribution >= 4 is 0 Å². The Morgan fingerprint density at radius 3 is 2.55 bits per heavy atom. The monoisotopic (exact) mass is 384 g/mol. The van der Waals surface area contributed by atoms with Crippen LogP contribution in [0.25, 0.3) is 11.3 Å². The number of benzene rings is 1. The SMILES string of the molecule is O=c1ccc(-c2ccc(Oc3ccc4c(c3)CCN(C3=CC=C3)CC4)nc2)n[nH]1. The van der Waals surface area contributed by atoms with Crippen molar-refractivity contribution in [2.75, 3.05) is 13.1 Å². The van der Waals surface area contributed by atoms with Crippen molar-refractivity contribution in [3.63, 3.8) is 0 Å². The van der Waals surface area contributed by atoms with Crippen molar-refractivity contribution in [3.8, 4) is 22.9 Å². The molecule has 1 N–H and O–H groups in total. The maximum Gasteiger partial charge on any atom is 0.264 e. The lowest BCUT2D eigenvalue weighted by molar-refractivity contribution is 0.370. The molecule has 1 aromatic carbocycles. The van der Waals surface area contributed by atoms with Crippen molar-refractivity contribution in [2.24, 2.45) is 0 Å². The summed E-state index contributed by atoms with van der Waals surface area (Å²) in [4.78, 5) is 18.0. The molecular weight excluding hydrogens is 364 g/mol. The summed E-state index contributed by atoms with van der Waals surface area (Å²) in [7, 11) is 0. The van der Waals surface area contributed by atoms with E-state index in [1.54, 1.807) is 12.3 Å². The van der Waals surface area contributed by atoms with Gasteiger partial charge < -0.3 is 9.64 Å². The van der Waals surface area contributed by atoms with E-state index in [4.69, 9.17) is 4.74 Å². The van der Waals surface area contributed by atoms with Gasteiger partial charge in [-0.3, -0.25) is 4.79 Å². The zero-order valence-corrected chi connectivity index (χ0v) is 15.8. The molecule has 0 radical (unpaired) electrons. The predicted molar refractivity (Wildman–Crippen MR) is 111 cm³/mol. The molecule has 2 aromatic heterocycles. The molecule has 5 rings (SSSR count). The Morgan fingerprint density at radius 1 is 1.00 bits per heavy atom. The Balaban J connectivity index is 1.29. The van der Waals surface area contributed by atoms with Crippen LogP contribution in [0.1, 0.15) is 11.1 Å². The van der Waals surface area contributed by atoms with E-state index in [0.717, 1.165) is 37.2 Å². The molecule has 6 nitrogen and oxygen atoms in total. The van der Waals surface area contributed by atoms with Crippen molar-refractivity contribution in [1.29, 1.82) is 0 Å². The summed E-state index contributed by atoms with van der Waals surface area (Å²) in [6, 6.07) is 13.1. The molecule has 0 fully saturated rings. The summed E-state index contributed by atoms with van der Waals surface area (Å²) in [5, 5.41) is 6.45. The Bertz CT molecular complexity index is 1140. The van der Waals surface area contributed by atoms with Gasteiger partial charge in [-0.15, -0.1) is 0 Å². The van der Waals surface area contributed by atoms with Gasteiger partial charge in [0, 0.05) is 42.7 Å². The maximum atomic E-state index is 11.1. The van der Waals surface area contributed by atoms with Crippen LogP contribution in [0, 0.1) is 0 Å². The van der Waals surface area contributed by atoms with Gasteiger partial charge >= 0.3 is 0 Å². The van der Waals surface area contributed by atoms with Crippen LogP contribution in [0.2, 0.25) is 0 Å². The van der Waals surface area contributed by atoms with Crippen molar-refractivity contribution < 1.29 is 4.74 Å². The summed E-state index contributed by atoms with van der Waals surface area (Å²) < 4.78 is 5.98. The second-order valence-corrected chi connectivity index (χ2v) is 7.16. The number of rotatable bonds is 4. The minimum absolute atomic E-state index is 0.228. The Kier molecular flexibility index (Phi) is 4.44. The zero-order chi connectivity index (χ0) is 19.6. The highest BCUT2D eigenvalue weighted by atomic mass is 16.5. The average molecular weight is 384 g/mol. The Hall–Kier alpha value is -3.67. The molecule has 0 spiro atoms. The highest BCUT2D eigenvalue weighted by Crippen LogP contribution is 2.27.